The third-order valence-electron chi connectivity index (χ3n) is 2.19. The molecule has 3 N–H and O–H groups in total. The van der Waals surface area contributed by atoms with Gasteiger partial charge in [-0.15, -0.1) is 0 Å². The minimum Gasteiger partial charge on any atom is -0.399 e. The first-order valence-corrected chi connectivity index (χ1v) is 4.80. The van der Waals surface area contributed by atoms with Crippen molar-refractivity contribution < 1.29 is 0 Å². The van der Waals surface area contributed by atoms with Crippen LogP contribution >= 0.6 is 0 Å². The first-order chi connectivity index (χ1) is 7.25. The van der Waals surface area contributed by atoms with Gasteiger partial charge in [0.25, 0.3) is 0 Å². The van der Waals surface area contributed by atoms with Crippen LogP contribution in [0.1, 0.15) is 5.56 Å². The zero-order chi connectivity index (χ0) is 10.7. The Kier molecular flexibility index (Phi) is 2.54. The largest absolute Gasteiger partial charge is 0.399 e. The summed E-state index contributed by atoms with van der Waals surface area (Å²) in [5, 5.41) is 3.22. The quantitative estimate of drug-likeness (QED) is 0.731. The number of anilines is 3. The molecule has 0 saturated carbocycles. The van der Waals surface area contributed by atoms with Crippen molar-refractivity contribution in [3.8, 4) is 0 Å². The Bertz CT molecular complexity index is 452. The second kappa shape index (κ2) is 4.00. The van der Waals surface area contributed by atoms with Crippen LogP contribution in [0, 0.1) is 6.92 Å². The molecule has 0 amide bonds. The molecule has 76 valence electrons. The summed E-state index contributed by atoms with van der Waals surface area (Å²) >= 11 is 0. The summed E-state index contributed by atoms with van der Waals surface area (Å²) < 4.78 is 0. The van der Waals surface area contributed by atoms with E-state index in [-0.39, 0.29) is 0 Å². The molecule has 2 aromatic rings. The topological polar surface area (TPSA) is 50.9 Å². The molecule has 1 aromatic heterocycles. The minimum absolute atomic E-state index is 0.749. The number of nitrogens with zero attached hydrogens (tertiary/aromatic N) is 1. The molecule has 0 aliphatic carbocycles. The van der Waals surface area contributed by atoms with Crippen LogP contribution in [0.2, 0.25) is 0 Å². The molecule has 0 aliphatic heterocycles. The third kappa shape index (κ3) is 2.26. The van der Waals surface area contributed by atoms with Crippen molar-refractivity contribution in [1.29, 1.82) is 0 Å². The normalized spacial score (nSPS) is 9.93. The molecule has 3 nitrogen and oxygen atoms in total. The predicted octanol–water partition coefficient (Wildman–Crippen LogP) is 2.72. The van der Waals surface area contributed by atoms with E-state index in [4.69, 9.17) is 5.73 Å². The molecule has 0 saturated heterocycles. The summed E-state index contributed by atoms with van der Waals surface area (Å²) in [5.41, 5.74) is 8.61. The van der Waals surface area contributed by atoms with Crippen LogP contribution in [-0.2, 0) is 0 Å². The Morgan fingerprint density at radius 3 is 2.80 bits per heavy atom. The fourth-order valence-corrected chi connectivity index (χ4v) is 1.35. The second-order valence-electron chi connectivity index (χ2n) is 3.41. The van der Waals surface area contributed by atoms with Gasteiger partial charge in [0.15, 0.2) is 0 Å². The highest BCUT2D eigenvalue weighted by Gasteiger charge is 1.99. The van der Waals surface area contributed by atoms with Gasteiger partial charge in [-0.1, -0.05) is 12.1 Å². The SMILES string of the molecule is Cc1ccc(N)cc1Nc1ccccn1. The van der Waals surface area contributed by atoms with Crippen LogP contribution in [0.3, 0.4) is 0 Å². The Hall–Kier alpha value is -2.03. The third-order valence-corrected chi connectivity index (χ3v) is 2.19. The number of aromatic nitrogens is 1. The molecule has 15 heavy (non-hydrogen) atoms. The molecule has 0 bridgehead atoms. The zero-order valence-corrected chi connectivity index (χ0v) is 8.57. The van der Waals surface area contributed by atoms with Crippen molar-refractivity contribution >= 4 is 17.2 Å². The summed E-state index contributed by atoms with van der Waals surface area (Å²) in [6.45, 7) is 2.03. The van der Waals surface area contributed by atoms with E-state index in [0.717, 1.165) is 22.8 Å². The van der Waals surface area contributed by atoms with Crippen molar-refractivity contribution in [3.05, 3.63) is 48.2 Å². The van der Waals surface area contributed by atoms with Crippen molar-refractivity contribution in [2.75, 3.05) is 11.1 Å². The highest BCUT2D eigenvalue weighted by molar-refractivity contribution is 5.65. The van der Waals surface area contributed by atoms with Gasteiger partial charge < -0.3 is 11.1 Å². The highest BCUT2D eigenvalue weighted by Crippen LogP contribution is 2.21. The number of nitrogens with two attached hydrogens (primary N) is 1. The molecular weight excluding hydrogens is 186 g/mol. The van der Waals surface area contributed by atoms with Crippen molar-refractivity contribution in [1.82, 2.24) is 4.98 Å². The number of hydrogen-bond acceptors (Lipinski definition) is 3. The molecule has 1 aromatic carbocycles. The second-order valence-corrected chi connectivity index (χ2v) is 3.41. The zero-order valence-electron chi connectivity index (χ0n) is 8.57. The van der Waals surface area contributed by atoms with Crippen LogP contribution in [-0.4, -0.2) is 4.98 Å². The lowest BCUT2D eigenvalue weighted by Gasteiger charge is -2.09. The van der Waals surface area contributed by atoms with E-state index in [0.29, 0.717) is 0 Å². The number of benzene rings is 1. The summed E-state index contributed by atoms with van der Waals surface area (Å²) in [6.07, 6.45) is 1.75. The van der Waals surface area contributed by atoms with Crippen LogP contribution in [0.25, 0.3) is 0 Å². The molecule has 0 aliphatic rings. The molecule has 0 unspecified atom stereocenters. The minimum atomic E-state index is 0.749. The maximum absolute atomic E-state index is 5.72. The number of pyridine rings is 1. The van der Waals surface area contributed by atoms with E-state index in [1.807, 2.05) is 43.3 Å². The van der Waals surface area contributed by atoms with Gasteiger partial charge >= 0.3 is 0 Å². The predicted molar refractivity (Wildman–Crippen MR) is 63.1 cm³/mol. The van der Waals surface area contributed by atoms with E-state index >= 15 is 0 Å². The van der Waals surface area contributed by atoms with E-state index in [2.05, 4.69) is 10.3 Å². The Labute approximate surface area is 89.0 Å². The fraction of sp³-hybridized carbons (Fsp3) is 0.0833. The standard InChI is InChI=1S/C12H13N3/c1-9-5-6-10(13)8-11(9)15-12-4-2-3-7-14-12/h2-8H,13H2,1H3,(H,14,15). The maximum Gasteiger partial charge on any atom is 0.130 e. The van der Waals surface area contributed by atoms with Gasteiger partial charge in [0.2, 0.25) is 0 Å². The Morgan fingerprint density at radius 2 is 2.07 bits per heavy atom. The number of nitrogens with one attached hydrogen (secondary N) is 1. The average Bonchev–Trinajstić information content (AvgIpc) is 2.25. The van der Waals surface area contributed by atoms with Crippen LogP contribution in [0.4, 0.5) is 17.2 Å². The molecule has 0 radical (unpaired) electrons. The summed E-state index contributed by atoms with van der Waals surface area (Å²) in [5.74, 6) is 0.825. The van der Waals surface area contributed by atoms with Crippen molar-refractivity contribution in [2.45, 2.75) is 6.92 Å². The molecule has 0 fully saturated rings. The van der Waals surface area contributed by atoms with Gasteiger partial charge in [-0.05, 0) is 36.8 Å². The first-order valence-electron chi connectivity index (χ1n) is 4.80. The molecule has 0 atom stereocenters. The lowest BCUT2D eigenvalue weighted by Crippen LogP contribution is -1.96. The van der Waals surface area contributed by atoms with E-state index in [1.54, 1.807) is 6.20 Å². The number of hydrogen-bond donors (Lipinski definition) is 2. The molecule has 3 heteroatoms. The lowest BCUT2D eigenvalue weighted by atomic mass is 10.2. The molecule has 0 spiro atoms. The van der Waals surface area contributed by atoms with Gasteiger partial charge in [0.05, 0.1) is 0 Å². The van der Waals surface area contributed by atoms with Gasteiger partial charge in [-0.3, -0.25) is 0 Å². The number of aryl methyl sites for hydroxylation is 1. The number of rotatable bonds is 2. The fourth-order valence-electron chi connectivity index (χ4n) is 1.35. The van der Waals surface area contributed by atoms with Crippen LogP contribution in [0.5, 0.6) is 0 Å². The van der Waals surface area contributed by atoms with Gasteiger partial charge in [0.1, 0.15) is 5.82 Å². The van der Waals surface area contributed by atoms with Crippen LogP contribution < -0.4 is 11.1 Å². The molecular formula is C12H13N3. The van der Waals surface area contributed by atoms with E-state index in [9.17, 15) is 0 Å². The summed E-state index contributed by atoms with van der Waals surface area (Å²) in [7, 11) is 0. The average molecular weight is 199 g/mol. The van der Waals surface area contributed by atoms with Gasteiger partial charge in [-0.2, -0.15) is 0 Å². The lowest BCUT2D eigenvalue weighted by molar-refractivity contribution is 1.30. The monoisotopic (exact) mass is 199 g/mol. The number of nitrogen functional groups attached to an aromatic ring is 1. The van der Waals surface area contributed by atoms with Crippen molar-refractivity contribution in [2.24, 2.45) is 0 Å². The van der Waals surface area contributed by atoms with Gasteiger partial charge in [-0.25, -0.2) is 4.98 Å². The van der Waals surface area contributed by atoms with Crippen molar-refractivity contribution in [3.63, 3.8) is 0 Å². The Morgan fingerprint density at radius 1 is 1.20 bits per heavy atom. The summed E-state index contributed by atoms with van der Waals surface area (Å²) in [4.78, 5) is 4.19. The maximum atomic E-state index is 5.72. The smallest absolute Gasteiger partial charge is 0.130 e. The first kappa shape index (κ1) is 9.52. The molecule has 1 heterocycles. The highest BCUT2D eigenvalue weighted by atomic mass is 15.0. The Balaban J connectivity index is 2.28. The van der Waals surface area contributed by atoms with Crippen LogP contribution in [0.15, 0.2) is 42.6 Å². The van der Waals surface area contributed by atoms with Gasteiger partial charge in [0, 0.05) is 17.6 Å². The molecule has 2 rings (SSSR count). The van der Waals surface area contributed by atoms with E-state index in [1.165, 1.54) is 0 Å². The summed E-state index contributed by atoms with van der Waals surface area (Å²) in [6, 6.07) is 11.5. The van der Waals surface area contributed by atoms with E-state index < -0.39 is 0 Å².